The average molecular weight is 484 g/mol. The summed E-state index contributed by atoms with van der Waals surface area (Å²) in [6.45, 7) is 8.98. The Morgan fingerprint density at radius 2 is 1.43 bits per heavy atom. The molecule has 3 rings (SSSR count). The molecule has 5 N–H and O–H groups in total. The number of primary amides is 2. The lowest BCUT2D eigenvalue weighted by Crippen LogP contribution is -2.31. The molecule has 3 amide bonds. The van der Waals surface area contributed by atoms with Crippen LogP contribution >= 0.6 is 0 Å². The van der Waals surface area contributed by atoms with Gasteiger partial charge in [-0.3, -0.25) is 14.4 Å². The second kappa shape index (κ2) is 11.6. The Kier molecular flexibility index (Phi) is 9.00. The van der Waals surface area contributed by atoms with E-state index in [4.69, 9.17) is 11.5 Å². The number of unbranched alkanes of at least 4 members (excludes halogenated alkanes) is 1. The summed E-state index contributed by atoms with van der Waals surface area (Å²) in [4.78, 5) is 38.0. The fourth-order valence-electron chi connectivity index (χ4n) is 6.27. The Morgan fingerprint density at radius 3 is 1.89 bits per heavy atom. The van der Waals surface area contributed by atoms with E-state index in [1.165, 1.54) is 19.3 Å². The third kappa shape index (κ3) is 6.86. The van der Waals surface area contributed by atoms with Crippen molar-refractivity contribution in [3.63, 3.8) is 0 Å². The molecule has 194 valence electrons. The van der Waals surface area contributed by atoms with Gasteiger partial charge in [0.2, 0.25) is 17.7 Å². The molecular formula is C29H45N3O3. The lowest BCUT2D eigenvalue weighted by atomic mass is 9.69. The van der Waals surface area contributed by atoms with Crippen LogP contribution in [0.5, 0.6) is 0 Å². The Bertz CT molecular complexity index is 883. The SMILES string of the molecule is CCCCC1CCC(c2c(C(N)=O)cc(NC(=O)C3CCC(C(C)(C)C)CC3)cc2C(N)=O)CC1. The van der Waals surface area contributed by atoms with Crippen LogP contribution in [0.3, 0.4) is 0 Å². The number of amides is 3. The van der Waals surface area contributed by atoms with Gasteiger partial charge in [-0.05, 0) is 92.2 Å². The number of benzene rings is 1. The van der Waals surface area contributed by atoms with Crippen molar-refractivity contribution in [1.82, 2.24) is 0 Å². The topological polar surface area (TPSA) is 115 Å². The van der Waals surface area contributed by atoms with Crippen LogP contribution in [0.25, 0.3) is 0 Å². The number of hydrogen-bond donors (Lipinski definition) is 3. The predicted octanol–water partition coefficient (Wildman–Crippen LogP) is 6.14. The molecule has 2 aliphatic rings. The van der Waals surface area contributed by atoms with E-state index in [1.54, 1.807) is 12.1 Å². The molecule has 0 bridgehead atoms. The zero-order valence-corrected chi connectivity index (χ0v) is 22.1. The molecule has 0 aliphatic heterocycles. The van der Waals surface area contributed by atoms with Crippen LogP contribution in [-0.4, -0.2) is 17.7 Å². The maximum absolute atomic E-state index is 13.1. The Hall–Kier alpha value is -2.37. The van der Waals surface area contributed by atoms with Gasteiger partial charge < -0.3 is 16.8 Å². The fourth-order valence-corrected chi connectivity index (χ4v) is 6.27. The molecule has 2 saturated carbocycles. The van der Waals surface area contributed by atoms with Gasteiger partial charge in [0.15, 0.2) is 0 Å². The molecule has 0 radical (unpaired) electrons. The zero-order valence-electron chi connectivity index (χ0n) is 22.1. The molecule has 0 aromatic heterocycles. The third-order valence-corrected chi connectivity index (χ3v) is 8.52. The normalized spacial score (nSPS) is 25.1. The second-order valence-corrected chi connectivity index (χ2v) is 12.0. The first-order valence-corrected chi connectivity index (χ1v) is 13.6. The van der Waals surface area contributed by atoms with E-state index in [2.05, 4.69) is 33.0 Å². The highest BCUT2D eigenvalue weighted by Crippen LogP contribution is 2.42. The third-order valence-electron chi connectivity index (χ3n) is 8.52. The molecule has 0 saturated heterocycles. The lowest BCUT2D eigenvalue weighted by Gasteiger charge is -2.36. The maximum atomic E-state index is 13.1. The summed E-state index contributed by atoms with van der Waals surface area (Å²) in [5, 5.41) is 2.96. The van der Waals surface area contributed by atoms with Crippen LogP contribution in [0, 0.1) is 23.2 Å². The van der Waals surface area contributed by atoms with Crippen molar-refractivity contribution in [3.8, 4) is 0 Å². The number of hydrogen-bond acceptors (Lipinski definition) is 3. The molecule has 0 spiro atoms. The molecule has 35 heavy (non-hydrogen) atoms. The zero-order chi connectivity index (χ0) is 25.8. The van der Waals surface area contributed by atoms with Gasteiger partial charge in [-0.2, -0.15) is 0 Å². The minimum Gasteiger partial charge on any atom is -0.366 e. The van der Waals surface area contributed by atoms with Crippen LogP contribution in [0.2, 0.25) is 0 Å². The largest absolute Gasteiger partial charge is 0.366 e. The van der Waals surface area contributed by atoms with Crippen LogP contribution in [0.4, 0.5) is 5.69 Å². The van der Waals surface area contributed by atoms with E-state index in [-0.39, 0.29) is 23.2 Å². The summed E-state index contributed by atoms with van der Waals surface area (Å²) in [6.07, 6.45) is 11.4. The minimum atomic E-state index is -0.586. The van der Waals surface area contributed by atoms with Crippen molar-refractivity contribution in [2.45, 2.75) is 104 Å². The van der Waals surface area contributed by atoms with Crippen LogP contribution in [0.15, 0.2) is 12.1 Å². The van der Waals surface area contributed by atoms with Crippen molar-refractivity contribution < 1.29 is 14.4 Å². The van der Waals surface area contributed by atoms with Crippen LogP contribution < -0.4 is 16.8 Å². The highest BCUT2D eigenvalue weighted by Gasteiger charge is 2.33. The molecule has 0 unspecified atom stereocenters. The van der Waals surface area contributed by atoms with E-state index in [0.29, 0.717) is 34.2 Å². The molecule has 2 fully saturated rings. The van der Waals surface area contributed by atoms with Crippen molar-refractivity contribution in [1.29, 1.82) is 0 Å². The minimum absolute atomic E-state index is 0.0626. The van der Waals surface area contributed by atoms with Crippen molar-refractivity contribution in [3.05, 3.63) is 28.8 Å². The molecule has 0 atom stereocenters. The van der Waals surface area contributed by atoms with Gasteiger partial charge in [0.05, 0.1) is 0 Å². The van der Waals surface area contributed by atoms with Gasteiger partial charge in [-0.25, -0.2) is 0 Å². The number of rotatable bonds is 8. The lowest BCUT2D eigenvalue weighted by molar-refractivity contribution is -0.121. The molecule has 6 nitrogen and oxygen atoms in total. The maximum Gasteiger partial charge on any atom is 0.249 e. The summed E-state index contributed by atoms with van der Waals surface area (Å²) in [5.74, 6) is 0.0937. The van der Waals surface area contributed by atoms with Gasteiger partial charge in [-0.15, -0.1) is 0 Å². The Morgan fingerprint density at radius 1 is 0.886 bits per heavy atom. The Labute approximate surface area is 211 Å². The molecular weight excluding hydrogens is 438 g/mol. The average Bonchev–Trinajstić information content (AvgIpc) is 2.82. The summed E-state index contributed by atoms with van der Waals surface area (Å²) in [6, 6.07) is 3.29. The van der Waals surface area contributed by atoms with Crippen LogP contribution in [-0.2, 0) is 4.79 Å². The summed E-state index contributed by atoms with van der Waals surface area (Å²) in [5.41, 5.74) is 13.5. The summed E-state index contributed by atoms with van der Waals surface area (Å²) >= 11 is 0. The Balaban J connectivity index is 1.78. The highest BCUT2D eigenvalue weighted by molar-refractivity contribution is 6.04. The fraction of sp³-hybridized carbons (Fsp3) is 0.690. The van der Waals surface area contributed by atoms with Gasteiger partial charge in [-0.1, -0.05) is 47.0 Å². The van der Waals surface area contributed by atoms with Crippen molar-refractivity contribution in [2.75, 3.05) is 5.32 Å². The molecule has 0 heterocycles. The van der Waals surface area contributed by atoms with E-state index >= 15 is 0 Å². The van der Waals surface area contributed by atoms with Gasteiger partial charge in [0, 0.05) is 22.7 Å². The van der Waals surface area contributed by atoms with Crippen molar-refractivity contribution >= 4 is 23.4 Å². The van der Waals surface area contributed by atoms with E-state index in [0.717, 1.165) is 51.4 Å². The van der Waals surface area contributed by atoms with E-state index in [9.17, 15) is 14.4 Å². The molecule has 2 aliphatic carbocycles. The number of carbonyl (C=O) groups excluding carboxylic acids is 3. The first-order valence-electron chi connectivity index (χ1n) is 13.6. The number of anilines is 1. The summed E-state index contributed by atoms with van der Waals surface area (Å²) < 4.78 is 0. The first kappa shape index (κ1) is 27.2. The highest BCUT2D eigenvalue weighted by atomic mass is 16.2. The van der Waals surface area contributed by atoms with Gasteiger partial charge in [0.1, 0.15) is 0 Å². The first-order chi connectivity index (χ1) is 16.5. The smallest absolute Gasteiger partial charge is 0.249 e. The van der Waals surface area contributed by atoms with E-state index in [1.807, 2.05) is 0 Å². The molecule has 6 heteroatoms. The monoisotopic (exact) mass is 483 g/mol. The van der Waals surface area contributed by atoms with E-state index < -0.39 is 11.8 Å². The number of carbonyl (C=O) groups is 3. The van der Waals surface area contributed by atoms with Gasteiger partial charge in [0.25, 0.3) is 0 Å². The quantitative estimate of drug-likeness (QED) is 0.412. The molecule has 1 aromatic carbocycles. The van der Waals surface area contributed by atoms with Gasteiger partial charge >= 0.3 is 0 Å². The number of nitrogens with one attached hydrogen (secondary N) is 1. The standard InChI is InChI=1S/C29H45N3O3/c1-5-6-7-18-8-10-19(11-9-18)25-23(26(30)33)16-22(17-24(25)27(31)34)32-28(35)20-12-14-21(15-13-20)29(2,3)4/h16-21H,5-15H2,1-4H3,(H2,30,33)(H2,31,34)(H,32,35). The number of nitrogens with two attached hydrogens (primary N) is 2. The second-order valence-electron chi connectivity index (χ2n) is 12.0. The van der Waals surface area contributed by atoms with Crippen LogP contribution in [0.1, 0.15) is 131 Å². The van der Waals surface area contributed by atoms with Crippen molar-refractivity contribution in [2.24, 2.45) is 34.6 Å². The molecule has 1 aromatic rings. The predicted molar refractivity (Wildman–Crippen MR) is 141 cm³/mol. The summed E-state index contributed by atoms with van der Waals surface area (Å²) in [7, 11) is 0.